The van der Waals surface area contributed by atoms with Gasteiger partial charge in [0.05, 0.1) is 12.7 Å². The van der Waals surface area contributed by atoms with Crippen molar-refractivity contribution in [3.05, 3.63) is 0 Å². The normalized spacial score (nSPS) is 35.8. The van der Waals surface area contributed by atoms with Crippen LogP contribution in [0.1, 0.15) is 57.8 Å². The van der Waals surface area contributed by atoms with Gasteiger partial charge in [0, 0.05) is 25.2 Å². The molecule has 110 valence electrons. The van der Waals surface area contributed by atoms with E-state index >= 15 is 0 Å². The quantitative estimate of drug-likeness (QED) is 0.853. The van der Waals surface area contributed by atoms with Crippen LogP contribution in [0.25, 0.3) is 0 Å². The molecule has 1 aliphatic heterocycles. The van der Waals surface area contributed by atoms with Gasteiger partial charge in [-0.3, -0.25) is 4.90 Å². The monoisotopic (exact) mass is 266 g/mol. The van der Waals surface area contributed by atoms with E-state index in [2.05, 4.69) is 4.90 Å². The first kappa shape index (κ1) is 13.8. The van der Waals surface area contributed by atoms with Crippen molar-refractivity contribution in [1.29, 1.82) is 0 Å². The van der Waals surface area contributed by atoms with Crippen molar-refractivity contribution in [1.82, 2.24) is 4.90 Å². The fourth-order valence-electron chi connectivity index (χ4n) is 4.66. The van der Waals surface area contributed by atoms with Crippen molar-refractivity contribution in [2.24, 2.45) is 11.7 Å². The van der Waals surface area contributed by atoms with Gasteiger partial charge in [-0.15, -0.1) is 0 Å². The minimum absolute atomic E-state index is 0.500. The Kier molecular flexibility index (Phi) is 4.78. The van der Waals surface area contributed by atoms with Crippen molar-refractivity contribution < 1.29 is 4.74 Å². The third kappa shape index (κ3) is 2.98. The van der Waals surface area contributed by atoms with Crippen molar-refractivity contribution in [3.63, 3.8) is 0 Å². The number of hydrogen-bond acceptors (Lipinski definition) is 3. The Morgan fingerprint density at radius 2 is 1.74 bits per heavy atom. The summed E-state index contributed by atoms with van der Waals surface area (Å²) in [6.07, 6.45) is 12.9. The van der Waals surface area contributed by atoms with Gasteiger partial charge in [0.25, 0.3) is 0 Å². The molecule has 0 radical (unpaired) electrons. The van der Waals surface area contributed by atoms with E-state index in [1.165, 1.54) is 57.8 Å². The zero-order chi connectivity index (χ0) is 13.1. The van der Waals surface area contributed by atoms with Crippen LogP contribution in [0.3, 0.4) is 0 Å². The number of nitrogens with two attached hydrogens (primary N) is 1. The number of morpholine rings is 1. The highest BCUT2D eigenvalue weighted by Gasteiger charge is 2.39. The maximum Gasteiger partial charge on any atom is 0.0731 e. The lowest BCUT2D eigenvalue weighted by Gasteiger charge is -2.49. The zero-order valence-corrected chi connectivity index (χ0v) is 12.2. The summed E-state index contributed by atoms with van der Waals surface area (Å²) in [5, 5.41) is 0. The summed E-state index contributed by atoms with van der Waals surface area (Å²) in [5.74, 6) is 0.847. The van der Waals surface area contributed by atoms with Crippen LogP contribution >= 0.6 is 0 Å². The molecule has 1 saturated heterocycles. The van der Waals surface area contributed by atoms with E-state index in [0.717, 1.165) is 25.6 Å². The summed E-state index contributed by atoms with van der Waals surface area (Å²) in [6, 6.07) is 1.28. The van der Waals surface area contributed by atoms with Crippen LogP contribution in [0, 0.1) is 5.92 Å². The van der Waals surface area contributed by atoms with Crippen LogP contribution in [0.4, 0.5) is 0 Å². The summed E-state index contributed by atoms with van der Waals surface area (Å²) in [7, 11) is 0. The highest BCUT2D eigenvalue weighted by molar-refractivity contribution is 4.93. The first-order chi connectivity index (χ1) is 9.40. The molecule has 3 unspecified atom stereocenters. The lowest BCUT2D eigenvalue weighted by molar-refractivity contribution is -0.110. The van der Waals surface area contributed by atoms with E-state index in [9.17, 15) is 0 Å². The average Bonchev–Trinajstić information content (AvgIpc) is 2.49. The van der Waals surface area contributed by atoms with Gasteiger partial charge < -0.3 is 10.5 Å². The Bertz CT molecular complexity index is 276. The number of ether oxygens (including phenoxy) is 1. The van der Waals surface area contributed by atoms with Gasteiger partial charge in [0.15, 0.2) is 0 Å². The second kappa shape index (κ2) is 6.55. The van der Waals surface area contributed by atoms with Gasteiger partial charge in [-0.1, -0.05) is 32.1 Å². The van der Waals surface area contributed by atoms with Gasteiger partial charge in [-0.25, -0.2) is 0 Å². The molecule has 3 atom stereocenters. The topological polar surface area (TPSA) is 38.5 Å². The van der Waals surface area contributed by atoms with Crippen LogP contribution in [-0.4, -0.2) is 42.8 Å². The molecule has 3 rings (SSSR count). The standard InChI is InChI=1S/C16H30N2O/c17-12-15(13-6-2-1-3-7-13)18-10-11-19-16-9-5-4-8-14(16)18/h13-16H,1-12,17H2. The third-order valence-electron chi connectivity index (χ3n) is 5.64. The highest BCUT2D eigenvalue weighted by atomic mass is 16.5. The second-order valence-electron chi connectivity index (χ2n) is 6.70. The van der Waals surface area contributed by atoms with E-state index in [0.29, 0.717) is 18.2 Å². The maximum absolute atomic E-state index is 6.17. The molecule has 3 nitrogen and oxygen atoms in total. The summed E-state index contributed by atoms with van der Waals surface area (Å²) < 4.78 is 6.01. The zero-order valence-electron chi connectivity index (χ0n) is 12.2. The fraction of sp³-hybridized carbons (Fsp3) is 1.00. The predicted molar refractivity (Wildman–Crippen MR) is 78.1 cm³/mol. The second-order valence-corrected chi connectivity index (χ2v) is 6.70. The van der Waals surface area contributed by atoms with E-state index in [1.807, 2.05) is 0 Å². The Balaban J connectivity index is 1.69. The van der Waals surface area contributed by atoms with Crippen molar-refractivity contribution in [2.45, 2.75) is 76.0 Å². The Morgan fingerprint density at radius 1 is 1.00 bits per heavy atom. The average molecular weight is 266 g/mol. The Hall–Kier alpha value is -0.120. The van der Waals surface area contributed by atoms with Crippen LogP contribution in [-0.2, 0) is 4.74 Å². The first-order valence-corrected chi connectivity index (χ1v) is 8.47. The van der Waals surface area contributed by atoms with Crippen LogP contribution < -0.4 is 5.73 Å². The van der Waals surface area contributed by atoms with E-state index in [1.54, 1.807) is 0 Å². The largest absolute Gasteiger partial charge is 0.375 e. The maximum atomic E-state index is 6.17. The molecule has 3 fully saturated rings. The van der Waals surface area contributed by atoms with Gasteiger partial charge in [0.1, 0.15) is 0 Å². The molecule has 3 aliphatic rings. The minimum atomic E-state index is 0.500. The molecule has 0 aromatic heterocycles. The smallest absolute Gasteiger partial charge is 0.0731 e. The van der Waals surface area contributed by atoms with Crippen LogP contribution in [0.2, 0.25) is 0 Å². The molecular formula is C16H30N2O. The highest BCUT2D eigenvalue weighted by Crippen LogP contribution is 2.35. The van der Waals surface area contributed by atoms with Gasteiger partial charge in [-0.05, 0) is 31.6 Å². The van der Waals surface area contributed by atoms with Crippen molar-refractivity contribution >= 4 is 0 Å². The summed E-state index contributed by atoms with van der Waals surface area (Å²) in [6.45, 7) is 2.87. The molecular weight excluding hydrogens is 236 g/mol. The molecule has 0 aromatic rings. The van der Waals surface area contributed by atoms with Crippen LogP contribution in [0.15, 0.2) is 0 Å². The predicted octanol–water partition coefficient (Wildman–Crippen LogP) is 2.54. The molecule has 2 saturated carbocycles. The van der Waals surface area contributed by atoms with Crippen molar-refractivity contribution in [3.8, 4) is 0 Å². The number of fused-ring (bicyclic) bond motifs is 1. The fourth-order valence-corrected chi connectivity index (χ4v) is 4.66. The molecule has 3 heteroatoms. The number of nitrogens with zero attached hydrogens (tertiary/aromatic N) is 1. The number of rotatable bonds is 3. The SMILES string of the molecule is NCC(C1CCCCC1)N1CCOC2CCCCC21. The molecule has 0 bridgehead atoms. The molecule has 2 aliphatic carbocycles. The molecule has 19 heavy (non-hydrogen) atoms. The lowest BCUT2D eigenvalue weighted by atomic mass is 9.81. The molecule has 0 aromatic carbocycles. The van der Waals surface area contributed by atoms with Crippen molar-refractivity contribution in [2.75, 3.05) is 19.7 Å². The lowest BCUT2D eigenvalue weighted by Crippen LogP contribution is -2.60. The molecule has 1 heterocycles. The minimum Gasteiger partial charge on any atom is -0.375 e. The first-order valence-electron chi connectivity index (χ1n) is 8.47. The van der Waals surface area contributed by atoms with Gasteiger partial charge in [-0.2, -0.15) is 0 Å². The molecule has 2 N–H and O–H groups in total. The van der Waals surface area contributed by atoms with Gasteiger partial charge in [0.2, 0.25) is 0 Å². The Labute approximate surface area is 117 Å². The molecule has 0 spiro atoms. The van der Waals surface area contributed by atoms with Gasteiger partial charge >= 0.3 is 0 Å². The summed E-state index contributed by atoms with van der Waals surface area (Å²) in [5.41, 5.74) is 6.17. The summed E-state index contributed by atoms with van der Waals surface area (Å²) in [4.78, 5) is 2.75. The number of hydrogen-bond donors (Lipinski definition) is 1. The summed E-state index contributed by atoms with van der Waals surface area (Å²) >= 11 is 0. The third-order valence-corrected chi connectivity index (χ3v) is 5.64. The van der Waals surface area contributed by atoms with E-state index in [4.69, 9.17) is 10.5 Å². The molecule has 0 amide bonds. The van der Waals surface area contributed by atoms with E-state index in [-0.39, 0.29) is 0 Å². The van der Waals surface area contributed by atoms with E-state index < -0.39 is 0 Å². The Morgan fingerprint density at radius 3 is 2.53 bits per heavy atom. The van der Waals surface area contributed by atoms with Crippen LogP contribution in [0.5, 0.6) is 0 Å².